The van der Waals surface area contributed by atoms with Gasteiger partial charge in [0, 0.05) is 28.8 Å². The molecule has 0 spiro atoms. The van der Waals surface area contributed by atoms with Crippen LogP contribution in [-0.2, 0) is 29.0 Å². The van der Waals surface area contributed by atoms with Gasteiger partial charge in [-0.3, -0.25) is 14.4 Å². The van der Waals surface area contributed by atoms with E-state index in [1.165, 1.54) is 22.7 Å². The van der Waals surface area contributed by atoms with Crippen molar-refractivity contribution in [3.8, 4) is 11.5 Å². The molecule has 0 saturated carbocycles. The average Bonchev–Trinajstić information content (AvgIpc) is 3.59. The predicted octanol–water partition coefficient (Wildman–Crippen LogP) is 3.33. The van der Waals surface area contributed by atoms with Crippen molar-refractivity contribution in [2.75, 3.05) is 12.5 Å². The van der Waals surface area contributed by atoms with E-state index in [0.717, 1.165) is 28.9 Å². The second-order valence-electron chi connectivity index (χ2n) is 11.5. The average molecular weight is 604 g/mol. The van der Waals surface area contributed by atoms with E-state index in [-0.39, 0.29) is 29.5 Å². The Morgan fingerprint density at radius 1 is 1.07 bits per heavy atom. The van der Waals surface area contributed by atoms with Gasteiger partial charge in [0.25, 0.3) is 11.8 Å². The Balaban J connectivity index is 1.34. The van der Waals surface area contributed by atoms with Crippen LogP contribution in [-0.4, -0.2) is 68.3 Å². The number of carbonyl (C=O) groups excluding carboxylic acids is 3. The Hall–Kier alpha value is -4.02. The van der Waals surface area contributed by atoms with Crippen LogP contribution in [0.1, 0.15) is 46.5 Å². The summed E-state index contributed by atoms with van der Waals surface area (Å²) in [5, 5.41) is 27.4. The number of phenolic OH excluding ortho intramolecular Hbond substituents is 1. The fourth-order valence-corrected chi connectivity index (χ4v) is 6.76. The van der Waals surface area contributed by atoms with Crippen LogP contribution in [0.3, 0.4) is 0 Å². The lowest BCUT2D eigenvalue weighted by atomic mass is 9.96. The van der Waals surface area contributed by atoms with Gasteiger partial charge in [-0.1, -0.05) is 48.5 Å². The van der Waals surface area contributed by atoms with Gasteiger partial charge in [0.2, 0.25) is 5.91 Å². The highest BCUT2D eigenvalue weighted by atomic mass is 32.2. The Morgan fingerprint density at radius 2 is 1.84 bits per heavy atom. The number of benzene rings is 3. The van der Waals surface area contributed by atoms with Crippen molar-refractivity contribution in [1.82, 2.24) is 15.5 Å². The smallest absolute Gasteiger partial charge is 0.254 e. The Kier molecular flexibility index (Phi) is 8.98. The number of hydrogen-bond donors (Lipinski definition) is 4. The summed E-state index contributed by atoms with van der Waals surface area (Å²) in [6.45, 7) is 6.38. The van der Waals surface area contributed by atoms with E-state index in [2.05, 4.69) is 10.6 Å². The molecule has 0 aliphatic carbocycles. The van der Waals surface area contributed by atoms with Crippen LogP contribution in [0, 0.1) is 6.92 Å². The van der Waals surface area contributed by atoms with Crippen molar-refractivity contribution >= 4 is 29.5 Å². The third-order valence-corrected chi connectivity index (χ3v) is 9.47. The molecular weight excluding hydrogens is 566 g/mol. The van der Waals surface area contributed by atoms with E-state index in [4.69, 9.17) is 4.74 Å². The van der Waals surface area contributed by atoms with Crippen molar-refractivity contribution in [2.24, 2.45) is 0 Å². The van der Waals surface area contributed by atoms with Gasteiger partial charge in [-0.2, -0.15) is 0 Å². The van der Waals surface area contributed by atoms with Crippen molar-refractivity contribution in [2.45, 2.75) is 63.1 Å². The minimum Gasteiger partial charge on any atom is -0.508 e. The molecule has 0 unspecified atom stereocenters. The maximum atomic E-state index is 13.9. The van der Waals surface area contributed by atoms with Crippen molar-refractivity contribution in [1.29, 1.82) is 0 Å². The molecule has 3 amide bonds. The lowest BCUT2D eigenvalue weighted by Crippen LogP contribution is -2.58. The second kappa shape index (κ2) is 12.7. The minimum absolute atomic E-state index is 0.0257. The molecule has 0 radical (unpaired) electrons. The summed E-state index contributed by atoms with van der Waals surface area (Å²) < 4.78 is 4.96. The van der Waals surface area contributed by atoms with E-state index in [0.29, 0.717) is 18.7 Å². The Bertz CT molecular complexity index is 1510. The van der Waals surface area contributed by atoms with Crippen LogP contribution in [0.4, 0.5) is 0 Å². The second-order valence-corrected chi connectivity index (χ2v) is 13.1. The number of hydrogen-bond acceptors (Lipinski definition) is 7. The molecule has 2 heterocycles. The molecular formula is C33H37N3O6S. The molecule has 43 heavy (non-hydrogen) atoms. The monoisotopic (exact) mass is 603 g/mol. The predicted molar refractivity (Wildman–Crippen MR) is 165 cm³/mol. The fraction of sp³-hybridized carbons (Fsp3) is 0.364. The van der Waals surface area contributed by atoms with Crippen molar-refractivity contribution < 1.29 is 29.3 Å². The summed E-state index contributed by atoms with van der Waals surface area (Å²) in [5.74, 6) is -0.415. The van der Waals surface area contributed by atoms with Crippen LogP contribution in [0.25, 0.3) is 0 Å². The van der Waals surface area contributed by atoms with E-state index in [9.17, 15) is 24.6 Å². The highest BCUT2D eigenvalue weighted by Gasteiger charge is 2.49. The molecule has 3 atom stereocenters. The Morgan fingerprint density at radius 3 is 2.60 bits per heavy atom. The number of thioether (sulfide) groups is 1. The first-order valence-electron chi connectivity index (χ1n) is 14.3. The number of carbonyl (C=O) groups is 3. The van der Waals surface area contributed by atoms with Crippen LogP contribution < -0.4 is 15.4 Å². The number of rotatable bonds is 9. The molecule has 1 fully saturated rings. The number of aliphatic hydroxyl groups excluding tert-OH is 1. The number of aliphatic hydroxyl groups is 1. The number of fused-ring (bicyclic) bond motifs is 1. The van der Waals surface area contributed by atoms with Gasteiger partial charge < -0.3 is 30.5 Å². The van der Waals surface area contributed by atoms with Gasteiger partial charge in [-0.15, -0.1) is 11.8 Å². The van der Waals surface area contributed by atoms with E-state index in [1.807, 2.05) is 62.4 Å². The van der Waals surface area contributed by atoms with Gasteiger partial charge in [0.15, 0.2) is 6.10 Å². The van der Waals surface area contributed by atoms with Crippen LogP contribution in [0.15, 0.2) is 66.7 Å². The maximum absolute atomic E-state index is 13.9. The Labute approximate surface area is 255 Å². The zero-order chi connectivity index (χ0) is 30.7. The first-order valence-corrected chi connectivity index (χ1v) is 15.3. The van der Waals surface area contributed by atoms with Crippen LogP contribution >= 0.6 is 11.8 Å². The molecule has 2 aliphatic heterocycles. The largest absolute Gasteiger partial charge is 0.508 e. The quantitative estimate of drug-likeness (QED) is 0.295. The van der Waals surface area contributed by atoms with E-state index >= 15 is 0 Å². The third kappa shape index (κ3) is 6.65. The topological polar surface area (TPSA) is 128 Å². The van der Waals surface area contributed by atoms with Crippen LogP contribution in [0.2, 0.25) is 0 Å². The number of aromatic hydroxyl groups is 1. The minimum atomic E-state index is -1.62. The molecule has 10 heteroatoms. The number of nitrogens with zero attached hydrogens (tertiary/aromatic N) is 1. The molecule has 4 N–H and O–H groups in total. The fourth-order valence-electron chi connectivity index (χ4n) is 5.62. The summed E-state index contributed by atoms with van der Waals surface area (Å²) in [5.41, 5.74) is 3.50. The number of nitrogens with one attached hydrogen (secondary N) is 2. The van der Waals surface area contributed by atoms with Crippen LogP contribution in [0.5, 0.6) is 11.5 Å². The van der Waals surface area contributed by atoms with Gasteiger partial charge in [-0.05, 0) is 62.1 Å². The maximum Gasteiger partial charge on any atom is 0.254 e. The molecule has 5 rings (SSSR count). The molecule has 2 aliphatic rings. The summed E-state index contributed by atoms with van der Waals surface area (Å²) in [4.78, 5) is 42.2. The standard InChI is InChI=1S/C33H37N3O6S/c1-20-24(10-7-11-26(20)37)30(39)35-25(17-21-8-5-4-6-9-21)28(38)32(41)36-19-43-33(2,3)29(36)31(40)34-18-22-12-13-27-23(16-22)14-15-42-27/h4-13,16,25,28-29,37-38H,14-15,17-19H2,1-3H3,(H,34,40)(H,35,39)/t25-,28-,29+/m0/s1. The molecule has 0 bridgehead atoms. The molecule has 9 nitrogen and oxygen atoms in total. The summed E-state index contributed by atoms with van der Waals surface area (Å²) in [7, 11) is 0. The normalized spacial score (nSPS) is 18.3. The molecule has 3 aromatic carbocycles. The highest BCUT2D eigenvalue weighted by molar-refractivity contribution is 8.00. The highest BCUT2D eigenvalue weighted by Crippen LogP contribution is 2.40. The molecule has 226 valence electrons. The van der Waals surface area contributed by atoms with Gasteiger partial charge >= 0.3 is 0 Å². The number of phenols is 1. The van der Waals surface area contributed by atoms with Gasteiger partial charge in [-0.25, -0.2) is 0 Å². The van der Waals surface area contributed by atoms with E-state index < -0.39 is 34.7 Å². The SMILES string of the molecule is Cc1c(O)cccc1C(=O)N[C@@H](Cc1ccccc1)[C@H](O)C(=O)N1CSC(C)(C)[C@H]1C(=O)NCc1ccc2c(c1)CCO2. The number of ether oxygens (including phenoxy) is 1. The molecule has 3 aromatic rings. The summed E-state index contributed by atoms with van der Waals surface area (Å²) in [6.07, 6.45) is -0.612. The zero-order valence-electron chi connectivity index (χ0n) is 24.5. The third-order valence-electron chi connectivity index (χ3n) is 8.10. The van der Waals surface area contributed by atoms with Crippen molar-refractivity contribution in [3.63, 3.8) is 0 Å². The first kappa shape index (κ1) is 30.4. The van der Waals surface area contributed by atoms with Crippen molar-refractivity contribution in [3.05, 3.63) is 94.5 Å². The van der Waals surface area contributed by atoms with E-state index in [1.54, 1.807) is 19.1 Å². The summed E-state index contributed by atoms with van der Waals surface area (Å²) >= 11 is 1.46. The number of amides is 3. The van der Waals surface area contributed by atoms with Gasteiger partial charge in [0.1, 0.15) is 17.5 Å². The molecule has 0 aromatic heterocycles. The summed E-state index contributed by atoms with van der Waals surface area (Å²) in [6, 6.07) is 17.9. The molecule has 1 saturated heterocycles. The first-order chi connectivity index (χ1) is 20.5. The lowest BCUT2D eigenvalue weighted by molar-refractivity contribution is -0.147. The zero-order valence-corrected chi connectivity index (χ0v) is 25.3. The van der Waals surface area contributed by atoms with Gasteiger partial charge in [0.05, 0.1) is 18.5 Å². The lowest BCUT2D eigenvalue weighted by Gasteiger charge is -2.33.